The van der Waals surface area contributed by atoms with Crippen molar-refractivity contribution in [2.45, 2.75) is 13.0 Å². The van der Waals surface area contributed by atoms with Crippen LogP contribution in [0, 0.1) is 0 Å². The minimum Gasteiger partial charge on any atom is -0.454 e. The molecule has 0 spiro atoms. The largest absolute Gasteiger partial charge is 0.454 e. The predicted octanol–water partition coefficient (Wildman–Crippen LogP) is 0.766. The second-order valence-corrected chi connectivity index (χ2v) is 7.57. The van der Waals surface area contributed by atoms with Crippen molar-refractivity contribution in [2.24, 2.45) is 0 Å². The smallest absolute Gasteiger partial charge is 0.231 e. The summed E-state index contributed by atoms with van der Waals surface area (Å²) in [6, 6.07) is 3.84. The standard InChI is InChI=1S/C15H21NO6S/c1-19-4-5-20-6-7-23(17,18)16-3-2-12-8-14-15(22-11-21-14)9-13(12)10-16/h8-9H,2-7,10-11H2,1H3. The van der Waals surface area contributed by atoms with Gasteiger partial charge in [0.1, 0.15) is 0 Å². The monoisotopic (exact) mass is 343 g/mol. The highest BCUT2D eigenvalue weighted by atomic mass is 32.2. The number of hydrogen-bond acceptors (Lipinski definition) is 6. The molecular formula is C15H21NO6S. The predicted molar refractivity (Wildman–Crippen MR) is 83.2 cm³/mol. The summed E-state index contributed by atoms with van der Waals surface area (Å²) < 4.78 is 47.2. The van der Waals surface area contributed by atoms with Gasteiger partial charge in [0.25, 0.3) is 0 Å². The molecule has 7 nitrogen and oxygen atoms in total. The Labute approximate surface area is 136 Å². The Hall–Kier alpha value is -1.35. The molecule has 128 valence electrons. The quantitative estimate of drug-likeness (QED) is 0.681. The van der Waals surface area contributed by atoms with Gasteiger partial charge in [0.05, 0.1) is 25.6 Å². The average Bonchev–Trinajstić information content (AvgIpc) is 2.99. The second kappa shape index (κ2) is 7.04. The molecule has 0 saturated heterocycles. The average molecular weight is 343 g/mol. The van der Waals surface area contributed by atoms with E-state index in [9.17, 15) is 8.42 Å². The number of rotatable bonds is 7. The van der Waals surface area contributed by atoms with Gasteiger partial charge in [-0.2, -0.15) is 4.31 Å². The molecule has 1 aromatic carbocycles. The molecule has 0 fully saturated rings. The van der Waals surface area contributed by atoms with Gasteiger partial charge in [-0.1, -0.05) is 0 Å². The van der Waals surface area contributed by atoms with Crippen LogP contribution in [0.25, 0.3) is 0 Å². The molecule has 0 radical (unpaired) electrons. The minimum absolute atomic E-state index is 0.0173. The molecule has 0 aromatic heterocycles. The van der Waals surface area contributed by atoms with Gasteiger partial charge < -0.3 is 18.9 Å². The third-order valence-corrected chi connectivity index (χ3v) is 5.76. The highest BCUT2D eigenvalue weighted by Crippen LogP contribution is 2.37. The maximum Gasteiger partial charge on any atom is 0.231 e. The molecule has 0 unspecified atom stereocenters. The fraction of sp³-hybridized carbons (Fsp3) is 0.600. The van der Waals surface area contributed by atoms with Gasteiger partial charge in [-0.05, 0) is 29.7 Å². The summed E-state index contributed by atoms with van der Waals surface area (Å²) in [5, 5.41) is 0. The van der Waals surface area contributed by atoms with Crippen LogP contribution in [0.1, 0.15) is 11.1 Å². The van der Waals surface area contributed by atoms with Gasteiger partial charge in [0, 0.05) is 20.2 Å². The molecule has 0 saturated carbocycles. The van der Waals surface area contributed by atoms with E-state index in [4.69, 9.17) is 18.9 Å². The van der Waals surface area contributed by atoms with E-state index in [0.29, 0.717) is 38.5 Å². The van der Waals surface area contributed by atoms with Crippen molar-refractivity contribution in [3.05, 3.63) is 23.3 Å². The molecule has 0 aliphatic carbocycles. The van der Waals surface area contributed by atoms with Crippen molar-refractivity contribution in [1.82, 2.24) is 4.31 Å². The summed E-state index contributed by atoms with van der Waals surface area (Å²) in [6.45, 7) is 2.11. The van der Waals surface area contributed by atoms with Crippen LogP contribution in [-0.2, 0) is 32.5 Å². The van der Waals surface area contributed by atoms with Gasteiger partial charge in [0.2, 0.25) is 16.8 Å². The summed E-state index contributed by atoms with van der Waals surface area (Å²) in [5.41, 5.74) is 2.10. The van der Waals surface area contributed by atoms with Crippen molar-refractivity contribution in [2.75, 3.05) is 46.0 Å². The van der Waals surface area contributed by atoms with E-state index in [1.54, 1.807) is 7.11 Å². The topological polar surface area (TPSA) is 74.3 Å². The maximum absolute atomic E-state index is 12.4. The molecule has 0 N–H and O–H groups in total. The van der Waals surface area contributed by atoms with Gasteiger partial charge in [-0.25, -0.2) is 8.42 Å². The highest BCUT2D eigenvalue weighted by molar-refractivity contribution is 7.89. The normalized spacial score (nSPS) is 17.3. The number of sulfonamides is 1. The number of hydrogen-bond donors (Lipinski definition) is 0. The van der Waals surface area contributed by atoms with Crippen molar-refractivity contribution in [1.29, 1.82) is 0 Å². The van der Waals surface area contributed by atoms with Crippen molar-refractivity contribution in [3.8, 4) is 11.5 Å². The molecular weight excluding hydrogens is 322 g/mol. The maximum atomic E-state index is 12.4. The summed E-state index contributed by atoms with van der Waals surface area (Å²) >= 11 is 0. The fourth-order valence-corrected chi connectivity index (χ4v) is 3.99. The Bertz CT molecular complexity index is 660. The van der Waals surface area contributed by atoms with Crippen LogP contribution < -0.4 is 9.47 Å². The van der Waals surface area contributed by atoms with Gasteiger partial charge in [0.15, 0.2) is 11.5 Å². The zero-order chi connectivity index (χ0) is 16.3. The third-order valence-electron chi connectivity index (χ3n) is 3.98. The number of methoxy groups -OCH3 is 1. The lowest BCUT2D eigenvalue weighted by atomic mass is 10.0. The first-order valence-corrected chi connectivity index (χ1v) is 9.17. The van der Waals surface area contributed by atoms with E-state index in [1.807, 2.05) is 12.1 Å². The Morgan fingerprint density at radius 3 is 2.61 bits per heavy atom. The molecule has 0 amide bonds. The van der Waals surface area contributed by atoms with Gasteiger partial charge in [-0.3, -0.25) is 0 Å². The number of benzene rings is 1. The van der Waals surface area contributed by atoms with E-state index < -0.39 is 10.0 Å². The van der Waals surface area contributed by atoms with Crippen LogP contribution in [-0.4, -0.2) is 58.7 Å². The summed E-state index contributed by atoms with van der Waals surface area (Å²) in [7, 11) is -1.75. The van der Waals surface area contributed by atoms with Crippen LogP contribution in [0.5, 0.6) is 11.5 Å². The molecule has 1 aromatic rings. The molecule has 8 heteroatoms. The first kappa shape index (κ1) is 16.5. The van der Waals surface area contributed by atoms with Crippen molar-refractivity contribution >= 4 is 10.0 Å². The Balaban J connectivity index is 1.62. The fourth-order valence-electron chi connectivity index (χ4n) is 2.70. The molecule has 0 bridgehead atoms. The van der Waals surface area contributed by atoms with Crippen LogP contribution in [0.4, 0.5) is 0 Å². The van der Waals surface area contributed by atoms with Crippen molar-refractivity contribution < 1.29 is 27.4 Å². The number of fused-ring (bicyclic) bond motifs is 2. The second-order valence-electron chi connectivity index (χ2n) is 5.48. The summed E-state index contributed by atoms with van der Waals surface area (Å²) in [4.78, 5) is 0. The van der Waals surface area contributed by atoms with Crippen molar-refractivity contribution in [3.63, 3.8) is 0 Å². The molecule has 2 heterocycles. The molecule has 3 rings (SSSR count). The van der Waals surface area contributed by atoms with Gasteiger partial charge >= 0.3 is 0 Å². The number of ether oxygens (including phenoxy) is 4. The molecule has 2 aliphatic rings. The first-order chi connectivity index (χ1) is 11.1. The Kier molecular flexibility index (Phi) is 5.05. The van der Waals surface area contributed by atoms with E-state index >= 15 is 0 Å². The SMILES string of the molecule is COCCOCCS(=O)(=O)N1CCc2cc3c(cc2C1)OCO3. The lowest BCUT2D eigenvalue weighted by Gasteiger charge is -2.28. The molecule has 2 aliphatic heterocycles. The first-order valence-electron chi connectivity index (χ1n) is 7.56. The van der Waals surface area contributed by atoms with Crippen LogP contribution in [0.15, 0.2) is 12.1 Å². The van der Waals surface area contributed by atoms with E-state index in [0.717, 1.165) is 16.9 Å². The summed E-state index contributed by atoms with van der Waals surface area (Å²) in [5.74, 6) is 1.41. The van der Waals surface area contributed by atoms with E-state index in [1.165, 1.54) is 4.31 Å². The van der Waals surface area contributed by atoms with E-state index in [-0.39, 0.29) is 19.2 Å². The van der Waals surface area contributed by atoms with Crippen LogP contribution in [0.2, 0.25) is 0 Å². The van der Waals surface area contributed by atoms with Crippen LogP contribution >= 0.6 is 0 Å². The lowest BCUT2D eigenvalue weighted by Crippen LogP contribution is -2.38. The van der Waals surface area contributed by atoms with E-state index in [2.05, 4.69) is 0 Å². The highest BCUT2D eigenvalue weighted by Gasteiger charge is 2.28. The van der Waals surface area contributed by atoms with Gasteiger partial charge in [-0.15, -0.1) is 0 Å². The lowest BCUT2D eigenvalue weighted by molar-refractivity contribution is 0.0781. The zero-order valence-electron chi connectivity index (χ0n) is 13.1. The Morgan fingerprint density at radius 2 is 1.87 bits per heavy atom. The number of nitrogens with zero attached hydrogens (tertiary/aromatic N) is 1. The molecule has 23 heavy (non-hydrogen) atoms. The third kappa shape index (κ3) is 3.77. The minimum atomic E-state index is -3.33. The molecule has 0 atom stereocenters. The Morgan fingerprint density at radius 1 is 1.13 bits per heavy atom. The van der Waals surface area contributed by atoms with Crippen LogP contribution in [0.3, 0.4) is 0 Å². The zero-order valence-corrected chi connectivity index (χ0v) is 13.9. The summed E-state index contributed by atoms with van der Waals surface area (Å²) in [6.07, 6.45) is 0.676.